The minimum Gasteiger partial charge on any atom is -0.487 e. The number of hydrogen-bond donors (Lipinski definition) is 1. The molecular formula is C31H31N3O3. The Labute approximate surface area is 217 Å². The second kappa shape index (κ2) is 12.5. The van der Waals surface area contributed by atoms with Crippen molar-refractivity contribution in [2.24, 2.45) is 0 Å². The van der Waals surface area contributed by atoms with Crippen LogP contribution in [0.4, 0.5) is 5.69 Å². The molecule has 37 heavy (non-hydrogen) atoms. The first kappa shape index (κ1) is 25.6. The number of allylic oxidation sites excluding steroid dienone is 2. The van der Waals surface area contributed by atoms with Gasteiger partial charge in [0.05, 0.1) is 12.1 Å². The molecule has 4 rings (SSSR count). The van der Waals surface area contributed by atoms with Crippen molar-refractivity contribution in [1.29, 1.82) is 0 Å². The number of rotatable bonds is 12. The van der Waals surface area contributed by atoms with Crippen LogP contribution in [-0.2, 0) is 16.2 Å². The van der Waals surface area contributed by atoms with E-state index in [-0.39, 0.29) is 18.0 Å². The summed E-state index contributed by atoms with van der Waals surface area (Å²) in [5, 5.41) is 1.11. The van der Waals surface area contributed by atoms with E-state index in [1.807, 2.05) is 66.9 Å². The van der Waals surface area contributed by atoms with Crippen LogP contribution in [0.2, 0.25) is 0 Å². The zero-order valence-corrected chi connectivity index (χ0v) is 21.2. The monoisotopic (exact) mass is 493 g/mol. The molecular weight excluding hydrogens is 462 g/mol. The SMILES string of the molecule is CCN(CC)c1ccc(/C=C/C(=O)CC(=O)/C=C/c2ccc3cc[nH]c3c2)c(OCc2ccccn2)c1. The summed E-state index contributed by atoms with van der Waals surface area (Å²) in [6.07, 6.45) is 9.74. The Hall–Kier alpha value is -4.45. The number of pyridine rings is 1. The van der Waals surface area contributed by atoms with E-state index >= 15 is 0 Å². The van der Waals surface area contributed by atoms with Gasteiger partial charge in [-0.15, -0.1) is 0 Å². The average Bonchev–Trinajstić information content (AvgIpc) is 3.39. The molecule has 1 N–H and O–H groups in total. The van der Waals surface area contributed by atoms with Crippen LogP contribution in [0.1, 0.15) is 37.1 Å². The Balaban J connectivity index is 1.43. The molecule has 2 aromatic heterocycles. The van der Waals surface area contributed by atoms with Crippen molar-refractivity contribution < 1.29 is 14.3 Å². The van der Waals surface area contributed by atoms with Crippen molar-refractivity contribution in [3.8, 4) is 5.75 Å². The number of ketones is 2. The molecule has 0 unspecified atom stereocenters. The van der Waals surface area contributed by atoms with Gasteiger partial charge in [0.2, 0.25) is 0 Å². The van der Waals surface area contributed by atoms with Crippen molar-refractivity contribution in [2.45, 2.75) is 26.9 Å². The Morgan fingerprint density at radius 1 is 0.946 bits per heavy atom. The Morgan fingerprint density at radius 2 is 1.76 bits per heavy atom. The number of carbonyl (C=O) groups excluding carboxylic acids is 2. The highest BCUT2D eigenvalue weighted by atomic mass is 16.5. The summed E-state index contributed by atoms with van der Waals surface area (Å²) in [4.78, 5) is 34.6. The third-order valence-corrected chi connectivity index (χ3v) is 6.07. The summed E-state index contributed by atoms with van der Waals surface area (Å²) < 4.78 is 6.10. The third kappa shape index (κ3) is 7.04. The molecule has 0 aliphatic rings. The van der Waals surface area contributed by atoms with Gasteiger partial charge in [-0.2, -0.15) is 0 Å². The molecule has 6 heteroatoms. The molecule has 6 nitrogen and oxygen atoms in total. The molecule has 0 atom stereocenters. The Bertz CT molecular complexity index is 1420. The highest BCUT2D eigenvalue weighted by Gasteiger charge is 2.10. The van der Waals surface area contributed by atoms with Crippen LogP contribution in [0.3, 0.4) is 0 Å². The number of aromatic amines is 1. The minimum atomic E-state index is -0.266. The zero-order chi connectivity index (χ0) is 26.0. The minimum absolute atomic E-state index is 0.195. The summed E-state index contributed by atoms with van der Waals surface area (Å²) in [6.45, 7) is 6.27. The summed E-state index contributed by atoms with van der Waals surface area (Å²) >= 11 is 0. The maximum Gasteiger partial charge on any atom is 0.163 e. The molecule has 0 fully saturated rings. The van der Waals surface area contributed by atoms with E-state index in [4.69, 9.17) is 4.74 Å². The lowest BCUT2D eigenvalue weighted by Gasteiger charge is -2.22. The lowest BCUT2D eigenvalue weighted by molar-refractivity contribution is -0.121. The second-order valence-corrected chi connectivity index (χ2v) is 8.60. The molecule has 0 bridgehead atoms. The van der Waals surface area contributed by atoms with Crippen molar-refractivity contribution in [1.82, 2.24) is 9.97 Å². The number of carbonyl (C=O) groups is 2. The third-order valence-electron chi connectivity index (χ3n) is 6.07. The van der Waals surface area contributed by atoms with Gasteiger partial charge in [0.25, 0.3) is 0 Å². The highest BCUT2D eigenvalue weighted by Crippen LogP contribution is 2.28. The van der Waals surface area contributed by atoms with Crippen LogP contribution in [-0.4, -0.2) is 34.6 Å². The van der Waals surface area contributed by atoms with Crippen LogP contribution in [0.25, 0.3) is 23.1 Å². The number of fused-ring (bicyclic) bond motifs is 1. The van der Waals surface area contributed by atoms with Gasteiger partial charge in [0.15, 0.2) is 11.6 Å². The average molecular weight is 494 g/mol. The highest BCUT2D eigenvalue weighted by molar-refractivity contribution is 6.11. The number of anilines is 1. The number of aromatic nitrogens is 2. The van der Waals surface area contributed by atoms with E-state index in [2.05, 4.69) is 28.7 Å². The molecule has 4 aromatic rings. The number of H-pyrrole nitrogens is 1. The first-order chi connectivity index (χ1) is 18.1. The maximum absolute atomic E-state index is 12.5. The number of ether oxygens (including phenoxy) is 1. The molecule has 0 radical (unpaired) electrons. The summed E-state index contributed by atoms with van der Waals surface area (Å²) in [5.74, 6) is 0.146. The van der Waals surface area contributed by atoms with E-state index in [9.17, 15) is 9.59 Å². The van der Waals surface area contributed by atoms with E-state index in [0.29, 0.717) is 12.4 Å². The molecule has 2 heterocycles. The van der Waals surface area contributed by atoms with Crippen LogP contribution in [0.5, 0.6) is 5.75 Å². The smallest absolute Gasteiger partial charge is 0.163 e. The van der Waals surface area contributed by atoms with Crippen molar-refractivity contribution in [3.05, 3.63) is 102 Å². The van der Waals surface area contributed by atoms with E-state index in [1.54, 1.807) is 18.3 Å². The van der Waals surface area contributed by atoms with E-state index < -0.39 is 0 Å². The maximum atomic E-state index is 12.5. The van der Waals surface area contributed by atoms with Gasteiger partial charge in [0.1, 0.15) is 12.4 Å². The fraction of sp³-hybridized carbons (Fsp3) is 0.194. The molecule has 0 aliphatic heterocycles. The molecule has 0 amide bonds. The number of nitrogens with zero attached hydrogens (tertiary/aromatic N) is 2. The number of benzene rings is 2. The summed E-state index contributed by atoms with van der Waals surface area (Å²) in [6, 6.07) is 19.5. The Morgan fingerprint density at radius 3 is 2.51 bits per heavy atom. The van der Waals surface area contributed by atoms with Crippen molar-refractivity contribution >= 4 is 40.3 Å². The summed E-state index contributed by atoms with van der Waals surface area (Å²) in [7, 11) is 0. The van der Waals surface area contributed by atoms with E-state index in [0.717, 1.165) is 46.5 Å². The first-order valence-electron chi connectivity index (χ1n) is 12.5. The van der Waals surface area contributed by atoms with Gasteiger partial charge in [-0.1, -0.05) is 24.3 Å². The zero-order valence-electron chi connectivity index (χ0n) is 21.2. The largest absolute Gasteiger partial charge is 0.487 e. The van der Waals surface area contributed by atoms with Gasteiger partial charge in [-0.25, -0.2) is 0 Å². The van der Waals surface area contributed by atoms with Crippen LogP contribution >= 0.6 is 0 Å². The fourth-order valence-electron chi connectivity index (χ4n) is 4.04. The molecule has 0 saturated carbocycles. The van der Waals surface area contributed by atoms with Crippen LogP contribution < -0.4 is 9.64 Å². The number of nitrogens with one attached hydrogen (secondary N) is 1. The molecule has 2 aromatic carbocycles. The normalized spacial score (nSPS) is 11.4. The number of hydrogen-bond acceptors (Lipinski definition) is 5. The predicted octanol–water partition coefficient (Wildman–Crippen LogP) is 6.24. The lowest BCUT2D eigenvalue weighted by atomic mass is 10.1. The van der Waals surface area contributed by atoms with Crippen molar-refractivity contribution in [3.63, 3.8) is 0 Å². The molecule has 0 spiro atoms. The van der Waals surface area contributed by atoms with Gasteiger partial charge in [0, 0.05) is 48.3 Å². The Kier molecular flexibility index (Phi) is 8.66. The predicted molar refractivity (Wildman–Crippen MR) is 150 cm³/mol. The van der Waals surface area contributed by atoms with Gasteiger partial charge in [-0.05, 0) is 79.4 Å². The lowest BCUT2D eigenvalue weighted by Crippen LogP contribution is -2.21. The molecule has 0 aliphatic carbocycles. The second-order valence-electron chi connectivity index (χ2n) is 8.60. The van der Waals surface area contributed by atoms with Gasteiger partial charge >= 0.3 is 0 Å². The van der Waals surface area contributed by atoms with Crippen molar-refractivity contribution in [2.75, 3.05) is 18.0 Å². The summed E-state index contributed by atoms with van der Waals surface area (Å²) in [5.41, 5.74) is 4.52. The first-order valence-corrected chi connectivity index (χ1v) is 12.5. The fourth-order valence-corrected chi connectivity index (χ4v) is 4.04. The van der Waals surface area contributed by atoms with Gasteiger partial charge in [-0.3, -0.25) is 14.6 Å². The quantitative estimate of drug-likeness (QED) is 0.187. The van der Waals surface area contributed by atoms with Gasteiger partial charge < -0.3 is 14.6 Å². The standard InChI is InChI=1S/C31H31N3O3/c1-3-34(4-2)27-13-11-25(31(20-27)37-22-26-7-5-6-17-32-26)12-15-29(36)21-28(35)14-9-23-8-10-24-16-18-33-30(24)19-23/h5-20,33H,3-4,21-22H2,1-2H3/b14-9+,15-12+. The van der Waals surface area contributed by atoms with Crippen LogP contribution in [0, 0.1) is 0 Å². The molecule has 0 saturated heterocycles. The van der Waals surface area contributed by atoms with Crippen LogP contribution in [0.15, 0.2) is 85.2 Å². The van der Waals surface area contributed by atoms with E-state index in [1.165, 1.54) is 12.2 Å². The molecule has 188 valence electrons. The topological polar surface area (TPSA) is 75.3 Å².